The number of ether oxygens (including phenoxy) is 2. The first-order valence-electron chi connectivity index (χ1n) is 11.6. The van der Waals surface area contributed by atoms with Crippen LogP contribution in [0.2, 0.25) is 0 Å². The number of carbonyl (C=O) groups is 2. The lowest BCUT2D eigenvalue weighted by atomic mass is 10.1. The number of nitrogens with one attached hydrogen (secondary N) is 1. The van der Waals surface area contributed by atoms with E-state index in [2.05, 4.69) is 15.0 Å². The quantitative estimate of drug-likeness (QED) is 0.355. The maximum atomic E-state index is 13.4. The number of rotatable bonds is 8. The van der Waals surface area contributed by atoms with E-state index in [1.165, 1.54) is 29.2 Å². The molecule has 0 radical (unpaired) electrons. The number of hydrogen-bond donors (Lipinski definition) is 1. The Bertz CT molecular complexity index is 1370. The molecule has 3 aromatic carbocycles. The molecular weight excluding hydrogens is 512 g/mol. The summed E-state index contributed by atoms with van der Waals surface area (Å²) in [6.45, 7) is 0.964. The van der Waals surface area contributed by atoms with Crippen LogP contribution in [0.25, 0.3) is 6.08 Å². The van der Waals surface area contributed by atoms with Gasteiger partial charge in [0.25, 0.3) is 5.91 Å². The molecule has 1 heterocycles. The highest BCUT2D eigenvalue weighted by molar-refractivity contribution is 8.14. The van der Waals surface area contributed by atoms with Gasteiger partial charge >= 0.3 is 6.61 Å². The fourth-order valence-electron chi connectivity index (χ4n) is 3.81. The van der Waals surface area contributed by atoms with Gasteiger partial charge < -0.3 is 14.8 Å². The van der Waals surface area contributed by atoms with Gasteiger partial charge in [-0.1, -0.05) is 30.0 Å². The van der Waals surface area contributed by atoms with Crippen LogP contribution >= 0.6 is 11.8 Å². The van der Waals surface area contributed by atoms with Gasteiger partial charge in [-0.25, -0.2) is 4.99 Å². The van der Waals surface area contributed by atoms with Crippen LogP contribution in [-0.2, 0) is 9.59 Å². The number of amidine groups is 1. The number of benzene rings is 3. The van der Waals surface area contributed by atoms with E-state index < -0.39 is 6.61 Å². The van der Waals surface area contributed by atoms with E-state index in [1.54, 1.807) is 25.3 Å². The Morgan fingerprint density at radius 1 is 1.03 bits per heavy atom. The standard InChI is InChI=1S/C28H25F2N3O4S/c1-17-12-18(2)14-21(13-17)33-26(35)24(15-19-4-8-22(36-3)9-5-19)32-28(33)38-16-25(34)31-20-6-10-23(11-7-20)37-27(29)30/h4-15,27H,16H2,1-3H3,(H,31,34)/b24-15-. The smallest absolute Gasteiger partial charge is 0.387 e. The summed E-state index contributed by atoms with van der Waals surface area (Å²) in [4.78, 5) is 32.1. The lowest BCUT2D eigenvalue weighted by Crippen LogP contribution is -2.31. The maximum Gasteiger partial charge on any atom is 0.387 e. The lowest BCUT2D eigenvalue weighted by molar-refractivity contribution is -0.114. The molecule has 0 fully saturated rings. The number of halogens is 2. The van der Waals surface area contributed by atoms with Gasteiger partial charge in [0.1, 0.15) is 17.2 Å². The Balaban J connectivity index is 1.53. The van der Waals surface area contributed by atoms with Crippen molar-refractivity contribution in [1.29, 1.82) is 0 Å². The van der Waals surface area contributed by atoms with Crippen molar-refractivity contribution in [2.45, 2.75) is 20.5 Å². The number of methoxy groups -OCH3 is 1. The highest BCUT2D eigenvalue weighted by Gasteiger charge is 2.32. The minimum atomic E-state index is -2.93. The van der Waals surface area contributed by atoms with E-state index in [-0.39, 0.29) is 29.0 Å². The average molecular weight is 538 g/mol. The van der Waals surface area contributed by atoms with Crippen molar-refractivity contribution < 1.29 is 27.8 Å². The summed E-state index contributed by atoms with van der Waals surface area (Å²) in [6, 6.07) is 18.6. The topological polar surface area (TPSA) is 80.2 Å². The molecule has 1 N–H and O–H groups in total. The third kappa shape index (κ3) is 6.77. The van der Waals surface area contributed by atoms with Crippen LogP contribution in [0, 0.1) is 13.8 Å². The van der Waals surface area contributed by atoms with Crippen LogP contribution in [0.5, 0.6) is 11.5 Å². The molecular formula is C28H25F2N3O4S. The molecule has 1 aliphatic rings. The molecule has 0 aromatic heterocycles. The van der Waals surface area contributed by atoms with E-state index in [0.29, 0.717) is 22.3 Å². The summed E-state index contributed by atoms with van der Waals surface area (Å²) in [7, 11) is 1.58. The molecule has 7 nitrogen and oxygen atoms in total. The summed E-state index contributed by atoms with van der Waals surface area (Å²) >= 11 is 1.12. The van der Waals surface area contributed by atoms with E-state index >= 15 is 0 Å². The van der Waals surface area contributed by atoms with Crippen molar-refractivity contribution in [3.05, 3.63) is 89.1 Å². The zero-order chi connectivity index (χ0) is 27.2. The first kappa shape index (κ1) is 26.9. The normalized spacial score (nSPS) is 14.2. The van der Waals surface area contributed by atoms with E-state index in [1.807, 2.05) is 44.2 Å². The Morgan fingerprint density at radius 2 is 1.66 bits per heavy atom. The molecule has 3 aromatic rings. The van der Waals surface area contributed by atoms with Gasteiger partial charge in [0.15, 0.2) is 5.17 Å². The largest absolute Gasteiger partial charge is 0.497 e. The summed E-state index contributed by atoms with van der Waals surface area (Å²) in [5, 5.41) is 3.08. The van der Waals surface area contributed by atoms with Crippen LogP contribution in [0.1, 0.15) is 16.7 Å². The summed E-state index contributed by atoms with van der Waals surface area (Å²) in [6.07, 6.45) is 1.69. The van der Waals surface area contributed by atoms with Crippen LogP contribution in [0.3, 0.4) is 0 Å². The first-order chi connectivity index (χ1) is 18.2. The molecule has 4 rings (SSSR count). The van der Waals surface area contributed by atoms with Gasteiger partial charge in [0, 0.05) is 5.69 Å². The fourth-order valence-corrected chi connectivity index (χ4v) is 4.62. The van der Waals surface area contributed by atoms with Crippen molar-refractivity contribution >= 4 is 46.2 Å². The molecule has 2 amide bonds. The predicted molar refractivity (Wildman–Crippen MR) is 146 cm³/mol. The van der Waals surface area contributed by atoms with Crippen LogP contribution in [-0.4, -0.2) is 36.5 Å². The lowest BCUT2D eigenvalue weighted by Gasteiger charge is -2.19. The summed E-state index contributed by atoms with van der Waals surface area (Å²) in [5.74, 6) is 0.0116. The van der Waals surface area contributed by atoms with Crippen LogP contribution < -0.4 is 19.7 Å². The molecule has 0 saturated heterocycles. The van der Waals surface area contributed by atoms with Gasteiger partial charge in [-0.05, 0) is 85.1 Å². The van der Waals surface area contributed by atoms with Crippen LogP contribution in [0.4, 0.5) is 20.2 Å². The number of hydrogen-bond acceptors (Lipinski definition) is 6. The number of nitrogens with zero attached hydrogens (tertiary/aromatic N) is 2. The molecule has 0 bridgehead atoms. The molecule has 0 spiro atoms. The Hall–Kier alpha value is -4.18. The van der Waals surface area contributed by atoms with Gasteiger partial charge in [-0.2, -0.15) is 8.78 Å². The van der Waals surface area contributed by atoms with Crippen molar-refractivity contribution in [2.24, 2.45) is 4.99 Å². The molecule has 0 unspecified atom stereocenters. The number of carbonyl (C=O) groups excluding carboxylic acids is 2. The molecule has 0 saturated carbocycles. The Labute approximate surface area is 223 Å². The highest BCUT2D eigenvalue weighted by atomic mass is 32.2. The van der Waals surface area contributed by atoms with Gasteiger partial charge in [0.05, 0.1) is 18.6 Å². The van der Waals surface area contributed by atoms with Gasteiger partial charge in [0.2, 0.25) is 5.91 Å². The monoisotopic (exact) mass is 537 g/mol. The first-order valence-corrected chi connectivity index (χ1v) is 12.5. The number of anilines is 2. The number of aliphatic imine (C=N–C) groups is 1. The molecule has 196 valence electrons. The molecule has 0 aliphatic carbocycles. The van der Waals surface area contributed by atoms with E-state index in [9.17, 15) is 18.4 Å². The van der Waals surface area contributed by atoms with E-state index in [0.717, 1.165) is 28.5 Å². The molecule has 10 heteroatoms. The number of alkyl halides is 2. The second-order valence-corrected chi connectivity index (χ2v) is 9.37. The second kappa shape index (κ2) is 11.9. The van der Waals surface area contributed by atoms with Gasteiger partial charge in [-0.3, -0.25) is 14.5 Å². The molecule has 1 aliphatic heterocycles. The SMILES string of the molecule is COc1ccc(/C=C2\N=C(SCC(=O)Nc3ccc(OC(F)F)cc3)N(c3cc(C)cc(C)c3)C2=O)cc1. The Kier molecular flexibility index (Phi) is 8.42. The minimum absolute atomic E-state index is 0.00790. The fraction of sp³-hybridized carbons (Fsp3) is 0.179. The number of thioether (sulfide) groups is 1. The summed E-state index contributed by atoms with van der Waals surface area (Å²) < 4.78 is 34.2. The molecule has 38 heavy (non-hydrogen) atoms. The zero-order valence-corrected chi connectivity index (χ0v) is 21.7. The average Bonchev–Trinajstić information content (AvgIpc) is 3.18. The highest BCUT2D eigenvalue weighted by Crippen LogP contribution is 2.31. The van der Waals surface area contributed by atoms with Crippen molar-refractivity contribution in [3.63, 3.8) is 0 Å². The van der Waals surface area contributed by atoms with Crippen molar-refractivity contribution in [3.8, 4) is 11.5 Å². The Morgan fingerprint density at radius 3 is 2.26 bits per heavy atom. The third-order valence-corrected chi connectivity index (χ3v) is 6.35. The van der Waals surface area contributed by atoms with Crippen LogP contribution in [0.15, 0.2) is 77.4 Å². The van der Waals surface area contributed by atoms with Gasteiger partial charge in [-0.15, -0.1) is 0 Å². The second-order valence-electron chi connectivity index (χ2n) is 8.42. The van der Waals surface area contributed by atoms with Crippen molar-refractivity contribution in [1.82, 2.24) is 0 Å². The number of aryl methyl sites for hydroxylation is 2. The molecule has 0 atom stereocenters. The zero-order valence-electron chi connectivity index (χ0n) is 20.9. The predicted octanol–water partition coefficient (Wildman–Crippen LogP) is 6.03. The number of amides is 2. The maximum absolute atomic E-state index is 13.4. The third-order valence-electron chi connectivity index (χ3n) is 5.41. The van der Waals surface area contributed by atoms with Crippen molar-refractivity contribution in [2.75, 3.05) is 23.1 Å². The minimum Gasteiger partial charge on any atom is -0.497 e. The van der Waals surface area contributed by atoms with E-state index in [4.69, 9.17) is 4.74 Å². The summed E-state index contributed by atoms with van der Waals surface area (Å²) in [5.41, 5.74) is 4.08.